The number of hydrogen-bond donors (Lipinski definition) is 0. The van der Waals surface area contributed by atoms with Crippen LogP contribution in [0.4, 0.5) is 0 Å². The van der Waals surface area contributed by atoms with Crippen LogP contribution in [0, 0.1) is 13.8 Å². The summed E-state index contributed by atoms with van der Waals surface area (Å²) in [7, 11) is 2.85. The maximum Gasteiger partial charge on any atom is 0.305 e. The smallest absolute Gasteiger partial charge is 0.305 e. The number of benzene rings is 1. The van der Waals surface area contributed by atoms with Gasteiger partial charge in [0.25, 0.3) is 0 Å². The lowest BCUT2D eigenvalue weighted by atomic mass is 10.1. The molecule has 0 atom stereocenters. The van der Waals surface area contributed by atoms with E-state index < -0.39 is 0 Å². The lowest BCUT2D eigenvalue weighted by molar-refractivity contribution is -0.140. The third kappa shape index (κ3) is 5.47. The summed E-state index contributed by atoms with van der Waals surface area (Å²) in [6, 6.07) is 6.68. The minimum absolute atomic E-state index is 0.0782. The van der Waals surface area contributed by atoms with Crippen LogP contribution in [0.25, 0.3) is 0 Å². The molecule has 7 heteroatoms. The molecular weight excluding hydrogens is 374 g/mol. The Morgan fingerprint density at radius 2 is 1.76 bits per heavy atom. The number of carbonyl (C=O) groups is 3. The second kappa shape index (κ2) is 9.91. The van der Waals surface area contributed by atoms with E-state index in [0.29, 0.717) is 42.0 Å². The van der Waals surface area contributed by atoms with Gasteiger partial charge in [0, 0.05) is 35.5 Å². The van der Waals surface area contributed by atoms with Crippen LogP contribution < -0.4 is 9.47 Å². The molecule has 2 rings (SSSR count). The van der Waals surface area contributed by atoms with Crippen molar-refractivity contribution in [3.63, 3.8) is 0 Å². The predicted octanol–water partition coefficient (Wildman–Crippen LogP) is 3.53. The second-order valence-electron chi connectivity index (χ2n) is 6.75. The molecule has 0 fully saturated rings. The first-order valence-corrected chi connectivity index (χ1v) is 9.37. The quantitative estimate of drug-likeness (QED) is 0.447. The summed E-state index contributed by atoms with van der Waals surface area (Å²) in [6.07, 6.45) is 0.961. The van der Waals surface area contributed by atoms with Gasteiger partial charge in [0.1, 0.15) is 0 Å². The monoisotopic (exact) mass is 401 g/mol. The van der Waals surface area contributed by atoms with Gasteiger partial charge in [0.2, 0.25) is 5.78 Å². The van der Waals surface area contributed by atoms with Crippen molar-refractivity contribution in [1.82, 2.24) is 4.57 Å². The highest BCUT2D eigenvalue weighted by molar-refractivity contribution is 5.98. The number of ether oxygens (including phenoxy) is 3. The molecule has 0 saturated carbocycles. The molecule has 2 aromatic rings. The lowest BCUT2D eigenvalue weighted by Crippen LogP contribution is -2.14. The topological polar surface area (TPSA) is 83.8 Å². The zero-order chi connectivity index (χ0) is 21.6. The van der Waals surface area contributed by atoms with Crippen LogP contribution in [-0.4, -0.2) is 42.9 Å². The Bertz CT molecular complexity index is 912. The maximum atomic E-state index is 12.7. The third-order valence-corrected chi connectivity index (χ3v) is 4.79. The average Bonchev–Trinajstić information content (AvgIpc) is 2.99. The van der Waals surface area contributed by atoms with Crippen molar-refractivity contribution in [2.75, 3.05) is 20.8 Å². The van der Waals surface area contributed by atoms with Crippen molar-refractivity contribution in [3.8, 4) is 11.5 Å². The highest BCUT2D eigenvalue weighted by Crippen LogP contribution is 2.28. The van der Waals surface area contributed by atoms with Crippen LogP contribution in [0.1, 0.15) is 51.9 Å². The highest BCUT2D eigenvalue weighted by Gasteiger charge is 2.17. The zero-order valence-electron chi connectivity index (χ0n) is 17.5. The first-order valence-electron chi connectivity index (χ1n) is 9.37. The minimum atomic E-state index is -0.248. The number of methoxy groups -OCH3 is 2. The number of esters is 1. The largest absolute Gasteiger partial charge is 0.493 e. The van der Waals surface area contributed by atoms with Gasteiger partial charge in [-0.2, -0.15) is 0 Å². The molecule has 0 unspecified atom stereocenters. The van der Waals surface area contributed by atoms with E-state index >= 15 is 0 Å². The maximum absolute atomic E-state index is 12.7. The number of aromatic nitrogens is 1. The number of carbonyl (C=O) groups excluding carboxylic acids is 3. The Labute approximate surface area is 170 Å². The molecule has 0 N–H and O–H groups in total. The van der Waals surface area contributed by atoms with Crippen LogP contribution in [0.15, 0.2) is 24.3 Å². The van der Waals surface area contributed by atoms with E-state index in [1.54, 1.807) is 18.2 Å². The van der Waals surface area contributed by atoms with E-state index in [-0.39, 0.29) is 24.1 Å². The summed E-state index contributed by atoms with van der Waals surface area (Å²) >= 11 is 0. The molecule has 7 nitrogen and oxygen atoms in total. The summed E-state index contributed by atoms with van der Waals surface area (Å²) in [6.45, 7) is 5.75. The lowest BCUT2D eigenvalue weighted by Gasteiger charge is -2.12. The van der Waals surface area contributed by atoms with E-state index in [0.717, 1.165) is 11.4 Å². The molecule has 29 heavy (non-hydrogen) atoms. The molecule has 0 amide bonds. The first-order chi connectivity index (χ1) is 13.8. The Hall–Kier alpha value is -3.09. The molecule has 156 valence electrons. The Kier molecular flexibility index (Phi) is 7.59. The predicted molar refractivity (Wildman–Crippen MR) is 108 cm³/mol. The van der Waals surface area contributed by atoms with Crippen LogP contribution >= 0.6 is 0 Å². The van der Waals surface area contributed by atoms with E-state index in [1.807, 2.05) is 24.5 Å². The Balaban J connectivity index is 2.07. The summed E-state index contributed by atoms with van der Waals surface area (Å²) in [5, 5.41) is 0. The fourth-order valence-electron chi connectivity index (χ4n) is 3.14. The number of ketones is 2. The normalized spacial score (nSPS) is 10.5. The number of rotatable bonds is 10. The molecule has 0 aliphatic carbocycles. The molecule has 0 aliphatic heterocycles. The second-order valence-corrected chi connectivity index (χ2v) is 6.75. The summed E-state index contributed by atoms with van der Waals surface area (Å²) < 4.78 is 17.6. The Morgan fingerprint density at radius 1 is 1.03 bits per heavy atom. The van der Waals surface area contributed by atoms with E-state index in [4.69, 9.17) is 9.47 Å². The SMILES string of the molecule is COC(=O)CCCn1c(C)cc(C(=O)COc2ccc(C(C)=O)cc2OC)c1C. The molecule has 0 radical (unpaired) electrons. The fourth-order valence-corrected chi connectivity index (χ4v) is 3.14. The van der Waals surface area contributed by atoms with Crippen LogP contribution in [0.5, 0.6) is 11.5 Å². The summed E-state index contributed by atoms with van der Waals surface area (Å²) in [5.41, 5.74) is 2.87. The molecular formula is C22H27NO6. The van der Waals surface area contributed by atoms with Gasteiger partial charge in [-0.05, 0) is 51.5 Å². The van der Waals surface area contributed by atoms with Crippen LogP contribution in [0.3, 0.4) is 0 Å². The molecule has 0 spiro atoms. The van der Waals surface area contributed by atoms with Crippen LogP contribution in [0.2, 0.25) is 0 Å². The van der Waals surface area contributed by atoms with Crippen molar-refractivity contribution >= 4 is 17.5 Å². The van der Waals surface area contributed by atoms with Gasteiger partial charge in [0.15, 0.2) is 23.9 Å². The van der Waals surface area contributed by atoms with Crippen molar-refractivity contribution in [2.45, 2.75) is 40.2 Å². The average molecular weight is 401 g/mol. The van der Waals surface area contributed by atoms with E-state index in [9.17, 15) is 14.4 Å². The number of hydrogen-bond acceptors (Lipinski definition) is 6. The van der Waals surface area contributed by atoms with Gasteiger partial charge < -0.3 is 18.8 Å². The standard InChI is InChI=1S/C22H27NO6/c1-14-11-18(15(2)23(14)10-6-7-22(26)28-5)19(25)13-29-20-9-8-17(16(3)24)12-21(20)27-4/h8-9,11-12H,6-7,10,13H2,1-5H3. The van der Waals surface area contributed by atoms with Crippen LogP contribution in [-0.2, 0) is 16.1 Å². The van der Waals surface area contributed by atoms with Gasteiger partial charge in [-0.1, -0.05) is 0 Å². The highest BCUT2D eigenvalue weighted by atomic mass is 16.5. The van der Waals surface area contributed by atoms with Gasteiger partial charge in [-0.25, -0.2) is 0 Å². The van der Waals surface area contributed by atoms with E-state index in [2.05, 4.69) is 4.74 Å². The van der Waals surface area contributed by atoms with Gasteiger partial charge >= 0.3 is 5.97 Å². The zero-order valence-corrected chi connectivity index (χ0v) is 17.5. The summed E-state index contributed by atoms with van der Waals surface area (Å²) in [4.78, 5) is 35.5. The fraction of sp³-hybridized carbons (Fsp3) is 0.409. The van der Waals surface area contributed by atoms with Gasteiger partial charge in [0.05, 0.1) is 14.2 Å². The number of Topliss-reactive ketones (excluding diaryl/α,β-unsaturated/α-hetero) is 2. The van der Waals surface area contributed by atoms with Crippen molar-refractivity contribution in [2.24, 2.45) is 0 Å². The molecule has 0 saturated heterocycles. The van der Waals surface area contributed by atoms with Crippen molar-refractivity contribution in [3.05, 3.63) is 46.8 Å². The first kappa shape index (κ1) is 22.2. The third-order valence-electron chi connectivity index (χ3n) is 4.79. The van der Waals surface area contributed by atoms with E-state index in [1.165, 1.54) is 21.1 Å². The Morgan fingerprint density at radius 3 is 2.38 bits per heavy atom. The molecule has 1 aromatic carbocycles. The molecule has 1 heterocycles. The van der Waals surface area contributed by atoms with Crippen molar-refractivity contribution in [1.29, 1.82) is 0 Å². The number of aryl methyl sites for hydroxylation is 1. The van der Waals surface area contributed by atoms with Crippen molar-refractivity contribution < 1.29 is 28.6 Å². The van der Waals surface area contributed by atoms with Gasteiger partial charge in [-0.15, -0.1) is 0 Å². The summed E-state index contributed by atoms with van der Waals surface area (Å²) in [5.74, 6) is 0.319. The molecule has 0 bridgehead atoms. The van der Waals surface area contributed by atoms with Gasteiger partial charge in [-0.3, -0.25) is 14.4 Å². The minimum Gasteiger partial charge on any atom is -0.493 e. The number of nitrogens with zero attached hydrogens (tertiary/aromatic N) is 1. The molecule has 1 aromatic heterocycles. The molecule has 0 aliphatic rings.